The molecule has 0 aliphatic carbocycles. The normalized spacial score (nSPS) is 14.2. The molecule has 1 fully saturated rings. The zero-order chi connectivity index (χ0) is 15.5. The number of carbonyl (C=O) groups is 1. The van der Waals surface area contributed by atoms with Gasteiger partial charge < -0.3 is 10.2 Å². The minimum Gasteiger partial charge on any atom is -0.370 e. The minimum atomic E-state index is -0.169. The second kappa shape index (κ2) is 6.18. The van der Waals surface area contributed by atoms with Crippen molar-refractivity contribution in [3.8, 4) is 0 Å². The Morgan fingerprint density at radius 3 is 2.36 bits per heavy atom. The summed E-state index contributed by atoms with van der Waals surface area (Å²) in [6.45, 7) is 6.20. The van der Waals surface area contributed by atoms with E-state index >= 15 is 0 Å². The van der Waals surface area contributed by atoms with E-state index in [0.717, 1.165) is 35.6 Å². The zero-order valence-electron chi connectivity index (χ0n) is 13.1. The van der Waals surface area contributed by atoms with Gasteiger partial charge in [0.1, 0.15) is 5.69 Å². The highest BCUT2D eigenvalue weighted by Crippen LogP contribution is 2.19. The molecule has 4 nitrogen and oxygen atoms in total. The Bertz CT molecular complexity index is 653. The molecular formula is C18H21N3O. The van der Waals surface area contributed by atoms with Gasteiger partial charge in [0.05, 0.1) is 11.9 Å². The lowest BCUT2D eigenvalue weighted by Gasteiger charge is -2.17. The first-order chi connectivity index (χ1) is 10.6. The van der Waals surface area contributed by atoms with Gasteiger partial charge >= 0.3 is 0 Å². The molecule has 0 saturated carbocycles. The number of benzene rings is 1. The van der Waals surface area contributed by atoms with E-state index in [-0.39, 0.29) is 5.91 Å². The number of nitrogens with one attached hydrogen (secondary N) is 1. The molecule has 1 aliphatic rings. The summed E-state index contributed by atoms with van der Waals surface area (Å²) in [4.78, 5) is 18.9. The van der Waals surface area contributed by atoms with Crippen molar-refractivity contribution < 1.29 is 4.79 Å². The molecule has 22 heavy (non-hydrogen) atoms. The fraction of sp³-hybridized carbons (Fsp3) is 0.333. The average Bonchev–Trinajstić information content (AvgIpc) is 3.00. The molecule has 1 saturated heterocycles. The third-order valence-electron chi connectivity index (χ3n) is 3.93. The monoisotopic (exact) mass is 295 g/mol. The van der Waals surface area contributed by atoms with E-state index in [1.54, 1.807) is 12.3 Å². The molecule has 1 aromatic heterocycles. The number of anilines is 2. The van der Waals surface area contributed by atoms with Crippen LogP contribution < -0.4 is 10.2 Å². The number of carbonyl (C=O) groups excluding carboxylic acids is 1. The standard InChI is InChI=1S/C18H21N3O/c1-13-9-14(2)11-15(10-13)20-18(22)17-6-5-16(12-19-17)21-7-3-4-8-21/h5-6,9-12H,3-4,7-8H2,1-2H3,(H,20,22). The van der Waals surface area contributed by atoms with Crippen molar-refractivity contribution in [3.63, 3.8) is 0 Å². The number of amides is 1. The van der Waals surface area contributed by atoms with E-state index in [2.05, 4.69) is 21.3 Å². The van der Waals surface area contributed by atoms with Gasteiger partial charge in [0.2, 0.25) is 0 Å². The van der Waals surface area contributed by atoms with Crippen molar-refractivity contribution in [2.75, 3.05) is 23.3 Å². The molecular weight excluding hydrogens is 274 g/mol. The predicted octanol–water partition coefficient (Wildman–Crippen LogP) is 3.55. The number of aryl methyl sites for hydroxylation is 2. The molecule has 0 radical (unpaired) electrons. The smallest absolute Gasteiger partial charge is 0.274 e. The van der Waals surface area contributed by atoms with E-state index in [1.165, 1.54) is 12.8 Å². The van der Waals surface area contributed by atoms with Gasteiger partial charge in [-0.25, -0.2) is 4.98 Å². The molecule has 1 N–H and O–H groups in total. The third kappa shape index (κ3) is 3.27. The molecule has 4 heteroatoms. The molecule has 1 aromatic carbocycles. The maximum Gasteiger partial charge on any atom is 0.274 e. The van der Waals surface area contributed by atoms with Crippen LogP contribution in [0.2, 0.25) is 0 Å². The molecule has 1 amide bonds. The summed E-state index contributed by atoms with van der Waals surface area (Å²) in [5, 5.41) is 2.91. The van der Waals surface area contributed by atoms with Gasteiger partial charge in [0.25, 0.3) is 5.91 Å². The lowest BCUT2D eigenvalue weighted by atomic mass is 10.1. The second-order valence-electron chi connectivity index (χ2n) is 5.93. The Morgan fingerprint density at radius 2 is 1.77 bits per heavy atom. The molecule has 0 unspecified atom stereocenters. The number of hydrogen-bond acceptors (Lipinski definition) is 3. The van der Waals surface area contributed by atoms with Crippen LogP contribution in [0.3, 0.4) is 0 Å². The van der Waals surface area contributed by atoms with Crippen LogP contribution in [0.25, 0.3) is 0 Å². The quantitative estimate of drug-likeness (QED) is 0.942. The van der Waals surface area contributed by atoms with Gasteiger partial charge in [0, 0.05) is 18.8 Å². The van der Waals surface area contributed by atoms with Crippen LogP contribution in [0.5, 0.6) is 0 Å². The van der Waals surface area contributed by atoms with E-state index in [9.17, 15) is 4.79 Å². The zero-order valence-corrected chi connectivity index (χ0v) is 13.1. The summed E-state index contributed by atoms with van der Waals surface area (Å²) in [5.74, 6) is -0.169. The number of aromatic nitrogens is 1. The Labute approximate surface area is 131 Å². The minimum absolute atomic E-state index is 0.169. The van der Waals surface area contributed by atoms with E-state index in [1.807, 2.05) is 32.0 Å². The van der Waals surface area contributed by atoms with E-state index in [0.29, 0.717) is 5.69 Å². The van der Waals surface area contributed by atoms with Crippen molar-refractivity contribution in [1.82, 2.24) is 4.98 Å². The van der Waals surface area contributed by atoms with Gasteiger partial charge in [-0.3, -0.25) is 4.79 Å². The van der Waals surface area contributed by atoms with Crippen LogP contribution in [0.15, 0.2) is 36.5 Å². The molecule has 0 spiro atoms. The van der Waals surface area contributed by atoms with Gasteiger partial charge in [-0.15, -0.1) is 0 Å². The Morgan fingerprint density at radius 1 is 1.09 bits per heavy atom. The van der Waals surface area contributed by atoms with Crippen LogP contribution in [-0.4, -0.2) is 24.0 Å². The highest BCUT2D eigenvalue weighted by Gasteiger charge is 2.14. The lowest BCUT2D eigenvalue weighted by molar-refractivity contribution is 0.102. The van der Waals surface area contributed by atoms with Crippen molar-refractivity contribution in [2.24, 2.45) is 0 Å². The number of hydrogen-bond donors (Lipinski definition) is 1. The van der Waals surface area contributed by atoms with E-state index in [4.69, 9.17) is 0 Å². The highest BCUT2D eigenvalue weighted by molar-refractivity contribution is 6.03. The van der Waals surface area contributed by atoms with Crippen molar-refractivity contribution in [1.29, 1.82) is 0 Å². The second-order valence-corrected chi connectivity index (χ2v) is 5.93. The fourth-order valence-corrected chi connectivity index (χ4v) is 2.92. The van der Waals surface area contributed by atoms with Gasteiger partial charge in [0.15, 0.2) is 0 Å². The Balaban J connectivity index is 1.71. The Kier molecular flexibility index (Phi) is 4.09. The third-order valence-corrected chi connectivity index (χ3v) is 3.93. The topological polar surface area (TPSA) is 45.2 Å². The summed E-state index contributed by atoms with van der Waals surface area (Å²) in [5.41, 5.74) is 4.62. The van der Waals surface area contributed by atoms with Gasteiger partial charge in [-0.05, 0) is 62.1 Å². The largest absolute Gasteiger partial charge is 0.370 e. The molecule has 1 aliphatic heterocycles. The van der Waals surface area contributed by atoms with Crippen LogP contribution in [0, 0.1) is 13.8 Å². The molecule has 0 atom stereocenters. The van der Waals surface area contributed by atoms with Crippen LogP contribution in [0.4, 0.5) is 11.4 Å². The first kappa shape index (κ1) is 14.6. The van der Waals surface area contributed by atoms with Crippen molar-refractivity contribution >= 4 is 17.3 Å². The van der Waals surface area contributed by atoms with Crippen LogP contribution >= 0.6 is 0 Å². The molecule has 2 heterocycles. The van der Waals surface area contributed by atoms with Crippen molar-refractivity contribution in [2.45, 2.75) is 26.7 Å². The van der Waals surface area contributed by atoms with Crippen molar-refractivity contribution in [3.05, 3.63) is 53.3 Å². The summed E-state index contributed by atoms with van der Waals surface area (Å²) in [6.07, 6.45) is 4.26. The van der Waals surface area contributed by atoms with E-state index < -0.39 is 0 Å². The molecule has 0 bridgehead atoms. The summed E-state index contributed by atoms with van der Waals surface area (Å²) < 4.78 is 0. The van der Waals surface area contributed by atoms with Crippen LogP contribution in [-0.2, 0) is 0 Å². The summed E-state index contributed by atoms with van der Waals surface area (Å²) in [6, 6.07) is 9.78. The number of pyridine rings is 1. The predicted molar refractivity (Wildman–Crippen MR) is 89.6 cm³/mol. The fourth-order valence-electron chi connectivity index (χ4n) is 2.92. The lowest BCUT2D eigenvalue weighted by Crippen LogP contribution is -2.19. The van der Waals surface area contributed by atoms with Gasteiger partial charge in [-0.2, -0.15) is 0 Å². The highest BCUT2D eigenvalue weighted by atomic mass is 16.1. The first-order valence-electron chi connectivity index (χ1n) is 7.72. The summed E-state index contributed by atoms with van der Waals surface area (Å²) in [7, 11) is 0. The molecule has 114 valence electrons. The number of nitrogens with zero attached hydrogens (tertiary/aromatic N) is 2. The average molecular weight is 295 g/mol. The van der Waals surface area contributed by atoms with Crippen LogP contribution in [0.1, 0.15) is 34.5 Å². The summed E-state index contributed by atoms with van der Waals surface area (Å²) >= 11 is 0. The SMILES string of the molecule is Cc1cc(C)cc(NC(=O)c2ccc(N3CCCC3)cn2)c1. The van der Waals surface area contributed by atoms with Gasteiger partial charge in [-0.1, -0.05) is 6.07 Å². The molecule has 2 aromatic rings. The maximum absolute atomic E-state index is 12.3. The maximum atomic E-state index is 12.3. The number of rotatable bonds is 3. The Hall–Kier alpha value is -2.36. The first-order valence-corrected chi connectivity index (χ1v) is 7.72. The molecule has 3 rings (SSSR count).